The van der Waals surface area contributed by atoms with Crippen molar-refractivity contribution in [3.05, 3.63) is 99.0 Å². The third kappa shape index (κ3) is 6.58. The predicted molar refractivity (Wildman–Crippen MR) is 179 cm³/mol. The Morgan fingerprint density at radius 3 is 2.58 bits per heavy atom. The van der Waals surface area contributed by atoms with Crippen LogP contribution in [0.1, 0.15) is 48.6 Å². The predicted octanol–water partition coefficient (Wildman–Crippen LogP) is 5.95. The number of aryl methyl sites for hydroxylation is 1. The SMILES string of the molecule is CC(C)(C)O.CNc1ccc(Cn2c(=O)ccc3c(-c4ccc5c6c(ccnc46)CCO5)c(CC(=O)O)c(C)cc32)cc1C=N. The molecule has 0 bridgehead atoms. The van der Waals surface area contributed by atoms with Crippen LogP contribution in [0.15, 0.2) is 65.6 Å². The summed E-state index contributed by atoms with van der Waals surface area (Å²) in [6, 6.07) is 16.8. The second-order valence-electron chi connectivity index (χ2n) is 12.2. The zero-order valence-electron chi connectivity index (χ0n) is 26.2. The lowest BCUT2D eigenvalue weighted by molar-refractivity contribution is -0.136. The van der Waals surface area contributed by atoms with Crippen molar-refractivity contribution in [3.63, 3.8) is 0 Å². The van der Waals surface area contributed by atoms with Gasteiger partial charge in [-0.2, -0.15) is 0 Å². The maximum atomic E-state index is 13.3. The highest BCUT2D eigenvalue weighted by molar-refractivity contribution is 6.08. The van der Waals surface area contributed by atoms with Gasteiger partial charge in [0.15, 0.2) is 0 Å². The highest BCUT2D eigenvalue weighted by atomic mass is 16.5. The number of aromatic nitrogens is 2. The van der Waals surface area contributed by atoms with E-state index in [9.17, 15) is 14.7 Å². The van der Waals surface area contributed by atoms with Gasteiger partial charge in [-0.1, -0.05) is 6.07 Å². The third-order valence-electron chi connectivity index (χ3n) is 7.67. The summed E-state index contributed by atoms with van der Waals surface area (Å²) < 4.78 is 7.64. The van der Waals surface area contributed by atoms with E-state index in [1.54, 1.807) is 44.6 Å². The molecular weight excluding hydrogens is 568 g/mol. The average Bonchev–Trinajstić information content (AvgIpc) is 2.99. The van der Waals surface area contributed by atoms with Gasteiger partial charge in [0.1, 0.15) is 5.75 Å². The Hall–Kier alpha value is -5.02. The number of ether oxygens (including phenoxy) is 1. The fourth-order valence-corrected chi connectivity index (χ4v) is 5.81. The summed E-state index contributed by atoms with van der Waals surface area (Å²) in [5.41, 5.74) is 7.43. The van der Waals surface area contributed by atoms with Crippen molar-refractivity contribution in [1.29, 1.82) is 5.41 Å². The Morgan fingerprint density at radius 2 is 1.89 bits per heavy atom. The first-order valence-corrected chi connectivity index (χ1v) is 14.8. The lowest BCUT2D eigenvalue weighted by Crippen LogP contribution is -2.21. The van der Waals surface area contributed by atoms with Crippen molar-refractivity contribution in [2.45, 2.75) is 52.7 Å². The zero-order chi connectivity index (χ0) is 32.5. The molecule has 1 aliphatic heterocycles. The van der Waals surface area contributed by atoms with Gasteiger partial charge in [0, 0.05) is 59.5 Å². The van der Waals surface area contributed by atoms with E-state index in [0.29, 0.717) is 24.2 Å². The third-order valence-corrected chi connectivity index (χ3v) is 7.67. The molecule has 0 saturated heterocycles. The molecule has 232 valence electrons. The molecule has 6 rings (SSSR count). The van der Waals surface area contributed by atoms with E-state index < -0.39 is 11.6 Å². The molecule has 0 fully saturated rings. The number of anilines is 1. The number of benzene rings is 3. The fraction of sp³-hybridized carbons (Fsp3) is 0.278. The summed E-state index contributed by atoms with van der Waals surface area (Å²) in [5, 5.41) is 31.0. The van der Waals surface area contributed by atoms with E-state index in [1.807, 2.05) is 49.4 Å². The largest absolute Gasteiger partial charge is 0.493 e. The number of aliphatic hydroxyl groups is 1. The van der Waals surface area contributed by atoms with Gasteiger partial charge in [-0.25, -0.2) is 0 Å². The highest BCUT2D eigenvalue weighted by Gasteiger charge is 2.23. The van der Waals surface area contributed by atoms with Crippen LogP contribution in [0.5, 0.6) is 5.75 Å². The van der Waals surface area contributed by atoms with Gasteiger partial charge in [-0.15, -0.1) is 0 Å². The van der Waals surface area contributed by atoms with Crippen molar-refractivity contribution in [2.75, 3.05) is 19.0 Å². The second-order valence-corrected chi connectivity index (χ2v) is 12.2. The summed E-state index contributed by atoms with van der Waals surface area (Å²) in [6.45, 7) is 8.02. The molecule has 9 heteroatoms. The molecule has 0 saturated carbocycles. The van der Waals surface area contributed by atoms with Crippen LogP contribution >= 0.6 is 0 Å². The van der Waals surface area contributed by atoms with Gasteiger partial charge in [-0.05, 0) is 98.0 Å². The van der Waals surface area contributed by atoms with Crippen LogP contribution in [0.4, 0.5) is 5.69 Å². The molecule has 3 heterocycles. The summed E-state index contributed by atoms with van der Waals surface area (Å²) in [4.78, 5) is 30.0. The number of pyridine rings is 2. The first kappa shape index (κ1) is 31.4. The van der Waals surface area contributed by atoms with Gasteiger partial charge in [0.05, 0.1) is 36.2 Å². The molecule has 2 aromatic heterocycles. The zero-order valence-corrected chi connectivity index (χ0v) is 26.2. The standard InChI is InChI=1S/C32H28N4O4.C4H10O/c1-18-13-26-22(5-8-28(37)36(26)17-19-3-6-25(34-2)21(14-19)16-33)31(24(18)15-29(38)39)23-4-7-27-30-20(10-12-40-27)9-11-35-32(23)30;1-4(2,3)5/h3-9,11,13-14,16,33-34H,10,12,15,17H2,1-2H3,(H,38,39);5H,1-3H3. The number of nitrogens with zero attached hydrogens (tertiary/aromatic N) is 2. The molecule has 0 spiro atoms. The fourth-order valence-electron chi connectivity index (χ4n) is 5.81. The van der Waals surface area contributed by atoms with Gasteiger partial charge < -0.3 is 30.2 Å². The molecule has 0 atom stereocenters. The lowest BCUT2D eigenvalue weighted by atomic mass is 9.87. The maximum Gasteiger partial charge on any atom is 0.307 e. The molecule has 45 heavy (non-hydrogen) atoms. The van der Waals surface area contributed by atoms with Crippen LogP contribution in [0.2, 0.25) is 0 Å². The van der Waals surface area contributed by atoms with Crippen molar-refractivity contribution >= 4 is 39.7 Å². The molecule has 0 aliphatic carbocycles. The van der Waals surface area contributed by atoms with Crippen LogP contribution in [0.3, 0.4) is 0 Å². The Kier molecular flexibility index (Phi) is 8.75. The number of carbonyl (C=O) groups is 1. The van der Waals surface area contributed by atoms with Gasteiger partial charge in [0.25, 0.3) is 5.56 Å². The first-order chi connectivity index (χ1) is 21.4. The summed E-state index contributed by atoms with van der Waals surface area (Å²) in [6.07, 6.45) is 3.69. The van der Waals surface area contributed by atoms with Crippen LogP contribution < -0.4 is 15.6 Å². The smallest absolute Gasteiger partial charge is 0.307 e. The summed E-state index contributed by atoms with van der Waals surface area (Å²) >= 11 is 0. The topological polar surface area (TPSA) is 138 Å². The van der Waals surface area contributed by atoms with Crippen molar-refractivity contribution in [3.8, 4) is 16.9 Å². The quantitative estimate of drug-likeness (QED) is 0.168. The Labute approximate surface area is 261 Å². The monoisotopic (exact) mass is 606 g/mol. The molecule has 0 unspecified atom stereocenters. The molecule has 0 amide bonds. The van der Waals surface area contributed by atoms with Gasteiger partial charge in [0.2, 0.25) is 0 Å². The number of carboxylic acid groups (broad SMARTS) is 1. The molecule has 4 N–H and O–H groups in total. The molecule has 5 aromatic rings. The normalized spacial score (nSPS) is 12.3. The number of hydrogen-bond donors (Lipinski definition) is 4. The lowest BCUT2D eigenvalue weighted by Gasteiger charge is -2.22. The van der Waals surface area contributed by atoms with Crippen LogP contribution in [-0.2, 0) is 24.2 Å². The number of aliphatic carboxylic acids is 1. The van der Waals surface area contributed by atoms with E-state index in [1.165, 1.54) is 12.3 Å². The van der Waals surface area contributed by atoms with E-state index >= 15 is 0 Å². The maximum absolute atomic E-state index is 13.3. The second kappa shape index (κ2) is 12.5. The first-order valence-electron chi connectivity index (χ1n) is 14.8. The van der Waals surface area contributed by atoms with Crippen LogP contribution in [0.25, 0.3) is 32.9 Å². The minimum Gasteiger partial charge on any atom is -0.493 e. The number of fused-ring (bicyclic) bond motifs is 1. The molecule has 1 aliphatic rings. The van der Waals surface area contributed by atoms with E-state index in [2.05, 4.69) is 5.32 Å². The number of carboxylic acids is 1. The molecule has 0 radical (unpaired) electrons. The number of hydrogen-bond acceptors (Lipinski definition) is 7. The summed E-state index contributed by atoms with van der Waals surface area (Å²) in [5.74, 6) is -0.159. The van der Waals surface area contributed by atoms with Gasteiger partial charge in [-0.3, -0.25) is 14.6 Å². The highest BCUT2D eigenvalue weighted by Crippen LogP contribution is 2.42. The van der Waals surface area contributed by atoms with Crippen molar-refractivity contribution in [2.24, 2.45) is 0 Å². The Bertz CT molecular complexity index is 1990. The van der Waals surface area contributed by atoms with Crippen molar-refractivity contribution < 1.29 is 19.7 Å². The van der Waals surface area contributed by atoms with Gasteiger partial charge >= 0.3 is 5.97 Å². The minimum absolute atomic E-state index is 0.163. The Balaban J connectivity index is 0.000000743. The van der Waals surface area contributed by atoms with E-state index in [0.717, 1.165) is 67.5 Å². The number of rotatable bonds is 7. The van der Waals surface area contributed by atoms with Crippen LogP contribution in [0, 0.1) is 12.3 Å². The molecule has 3 aromatic carbocycles. The van der Waals surface area contributed by atoms with Crippen molar-refractivity contribution in [1.82, 2.24) is 9.55 Å². The molecular formula is C36H38N4O5. The minimum atomic E-state index is -0.931. The van der Waals surface area contributed by atoms with E-state index in [4.69, 9.17) is 20.2 Å². The number of nitrogens with one attached hydrogen (secondary N) is 2. The molecule has 9 nitrogen and oxygen atoms in total. The van der Waals surface area contributed by atoms with Crippen LogP contribution in [-0.4, -0.2) is 51.2 Å². The van der Waals surface area contributed by atoms with E-state index in [-0.39, 0.29) is 12.0 Å². The summed E-state index contributed by atoms with van der Waals surface area (Å²) in [7, 11) is 1.80. The average molecular weight is 607 g/mol. The Morgan fingerprint density at radius 1 is 1.13 bits per heavy atom.